The fraction of sp³-hybridized carbons (Fsp3) is 0.667. The highest BCUT2D eigenvalue weighted by atomic mass is 16.5. The molecule has 1 heterocycles. The molecule has 1 atom stereocenters. The van der Waals surface area contributed by atoms with E-state index in [9.17, 15) is 4.79 Å². The van der Waals surface area contributed by atoms with E-state index in [-0.39, 0.29) is 11.9 Å². The number of methoxy groups -OCH3 is 1. The summed E-state index contributed by atoms with van der Waals surface area (Å²) >= 11 is 0. The highest BCUT2D eigenvalue weighted by molar-refractivity contribution is 5.74. The van der Waals surface area contributed by atoms with Gasteiger partial charge in [0.15, 0.2) is 0 Å². The first-order valence-electron chi connectivity index (χ1n) is 2.96. The highest BCUT2D eigenvalue weighted by Gasteiger charge is 2.22. The van der Waals surface area contributed by atoms with Gasteiger partial charge in [0.25, 0.3) is 0 Å². The lowest BCUT2D eigenvalue weighted by molar-refractivity contribution is -0.143. The van der Waals surface area contributed by atoms with E-state index in [4.69, 9.17) is 0 Å². The lowest BCUT2D eigenvalue weighted by Crippen LogP contribution is -2.18. The maximum Gasteiger partial charge on any atom is 0.310 e. The molecule has 0 spiro atoms. The summed E-state index contributed by atoms with van der Waals surface area (Å²) in [7, 11) is 1.41. The quantitative estimate of drug-likeness (QED) is 0.487. The van der Waals surface area contributed by atoms with Crippen molar-refractivity contribution < 1.29 is 9.53 Å². The van der Waals surface area contributed by atoms with Crippen molar-refractivity contribution in [2.75, 3.05) is 20.2 Å². The molecule has 1 aliphatic heterocycles. The van der Waals surface area contributed by atoms with Crippen molar-refractivity contribution in [1.82, 2.24) is 5.32 Å². The zero-order chi connectivity index (χ0) is 6.69. The van der Waals surface area contributed by atoms with E-state index in [2.05, 4.69) is 10.1 Å². The zero-order valence-electron chi connectivity index (χ0n) is 5.39. The molecule has 1 aliphatic rings. The third-order valence-corrected chi connectivity index (χ3v) is 1.41. The standard InChI is InChI=1S/C6H10NO2/c1-9-6(8)5-2-3-7-4-5/h2,5,7H,3-4H2,1H3. The van der Waals surface area contributed by atoms with Gasteiger partial charge in [-0.1, -0.05) is 0 Å². The van der Waals surface area contributed by atoms with E-state index in [1.54, 1.807) is 0 Å². The van der Waals surface area contributed by atoms with Crippen molar-refractivity contribution in [1.29, 1.82) is 0 Å². The smallest absolute Gasteiger partial charge is 0.310 e. The molecule has 0 aromatic carbocycles. The highest BCUT2D eigenvalue weighted by Crippen LogP contribution is 2.06. The van der Waals surface area contributed by atoms with Crippen LogP contribution >= 0.6 is 0 Å². The molecule has 9 heavy (non-hydrogen) atoms. The second kappa shape index (κ2) is 2.82. The molecular formula is C6H10NO2. The summed E-state index contributed by atoms with van der Waals surface area (Å²) in [5.41, 5.74) is 0. The van der Waals surface area contributed by atoms with Gasteiger partial charge in [0, 0.05) is 6.54 Å². The van der Waals surface area contributed by atoms with Crippen LogP contribution in [0.25, 0.3) is 0 Å². The minimum Gasteiger partial charge on any atom is -0.469 e. The van der Waals surface area contributed by atoms with Crippen LogP contribution in [-0.2, 0) is 9.53 Å². The van der Waals surface area contributed by atoms with Crippen LogP contribution in [0.15, 0.2) is 0 Å². The van der Waals surface area contributed by atoms with Crippen molar-refractivity contribution in [3.8, 4) is 0 Å². The molecule has 3 heteroatoms. The molecule has 0 aromatic rings. The number of carbonyl (C=O) groups is 1. The molecule has 0 aromatic heterocycles. The van der Waals surface area contributed by atoms with Crippen molar-refractivity contribution in [3.63, 3.8) is 0 Å². The number of hydrogen-bond donors (Lipinski definition) is 1. The van der Waals surface area contributed by atoms with E-state index in [1.807, 2.05) is 6.42 Å². The Morgan fingerprint density at radius 1 is 1.89 bits per heavy atom. The van der Waals surface area contributed by atoms with Gasteiger partial charge in [-0.25, -0.2) is 0 Å². The summed E-state index contributed by atoms with van der Waals surface area (Å²) in [5.74, 6) is -0.157. The minimum absolute atomic E-state index is 0.0185. The van der Waals surface area contributed by atoms with Crippen molar-refractivity contribution in [2.24, 2.45) is 5.92 Å². The second-order valence-electron chi connectivity index (χ2n) is 2.02. The molecular weight excluding hydrogens is 118 g/mol. The third kappa shape index (κ3) is 1.42. The van der Waals surface area contributed by atoms with Gasteiger partial charge in [-0.3, -0.25) is 4.79 Å². The molecule has 1 radical (unpaired) electrons. The molecule has 0 aliphatic carbocycles. The predicted molar refractivity (Wildman–Crippen MR) is 32.7 cm³/mol. The molecule has 0 bridgehead atoms. The van der Waals surface area contributed by atoms with Crippen LogP contribution in [0.2, 0.25) is 0 Å². The number of ether oxygens (including phenoxy) is 1. The molecule has 1 N–H and O–H groups in total. The number of hydrogen-bond acceptors (Lipinski definition) is 3. The SMILES string of the molecule is COC(=O)C1[CH]CNC1. The van der Waals surface area contributed by atoms with Gasteiger partial charge in [-0.05, 0) is 13.0 Å². The van der Waals surface area contributed by atoms with Crippen molar-refractivity contribution >= 4 is 5.97 Å². The van der Waals surface area contributed by atoms with Crippen LogP contribution in [0.5, 0.6) is 0 Å². The number of esters is 1. The summed E-state index contributed by atoms with van der Waals surface area (Å²) in [6.07, 6.45) is 1.92. The van der Waals surface area contributed by atoms with Gasteiger partial charge in [0.2, 0.25) is 0 Å². The van der Waals surface area contributed by atoms with E-state index >= 15 is 0 Å². The van der Waals surface area contributed by atoms with Crippen LogP contribution in [0, 0.1) is 12.3 Å². The van der Waals surface area contributed by atoms with Gasteiger partial charge < -0.3 is 10.1 Å². The molecule has 3 nitrogen and oxygen atoms in total. The van der Waals surface area contributed by atoms with E-state index in [1.165, 1.54) is 7.11 Å². The summed E-state index contributed by atoms with van der Waals surface area (Å²) in [6, 6.07) is 0. The van der Waals surface area contributed by atoms with Crippen molar-refractivity contribution in [2.45, 2.75) is 0 Å². The number of rotatable bonds is 1. The number of nitrogens with one attached hydrogen (secondary N) is 1. The molecule has 0 saturated carbocycles. The topological polar surface area (TPSA) is 38.3 Å². The summed E-state index contributed by atoms with van der Waals surface area (Å²) in [5, 5.41) is 3.03. The Labute approximate surface area is 54.4 Å². The first-order chi connectivity index (χ1) is 4.34. The number of carbonyl (C=O) groups excluding carboxylic acids is 1. The Bertz CT molecular complexity index is 108. The third-order valence-electron chi connectivity index (χ3n) is 1.41. The lowest BCUT2D eigenvalue weighted by Gasteiger charge is -2.02. The molecule has 1 rings (SSSR count). The molecule has 1 unspecified atom stereocenters. The van der Waals surface area contributed by atoms with Gasteiger partial charge in [0.05, 0.1) is 13.0 Å². The largest absolute Gasteiger partial charge is 0.469 e. The Morgan fingerprint density at radius 2 is 2.67 bits per heavy atom. The van der Waals surface area contributed by atoms with Crippen LogP contribution in [-0.4, -0.2) is 26.2 Å². The maximum atomic E-state index is 10.7. The van der Waals surface area contributed by atoms with Gasteiger partial charge in [-0.2, -0.15) is 0 Å². The fourth-order valence-corrected chi connectivity index (χ4v) is 0.879. The molecule has 51 valence electrons. The summed E-state index contributed by atoms with van der Waals surface area (Å²) in [4.78, 5) is 10.7. The van der Waals surface area contributed by atoms with Crippen LogP contribution in [0.1, 0.15) is 0 Å². The van der Waals surface area contributed by atoms with Gasteiger partial charge >= 0.3 is 5.97 Å². The molecule has 1 saturated heterocycles. The molecule has 0 amide bonds. The lowest BCUT2D eigenvalue weighted by atomic mass is 10.1. The Kier molecular flexibility index (Phi) is 2.05. The van der Waals surface area contributed by atoms with Crippen molar-refractivity contribution in [3.05, 3.63) is 6.42 Å². The predicted octanol–water partition coefficient (Wildman–Crippen LogP) is -0.417. The first-order valence-corrected chi connectivity index (χ1v) is 2.96. The summed E-state index contributed by atoms with van der Waals surface area (Å²) < 4.78 is 4.52. The van der Waals surface area contributed by atoms with Gasteiger partial charge in [0.1, 0.15) is 0 Å². The second-order valence-corrected chi connectivity index (χ2v) is 2.02. The van der Waals surface area contributed by atoms with E-state index in [0.29, 0.717) is 0 Å². The minimum atomic E-state index is -0.139. The average molecular weight is 128 g/mol. The van der Waals surface area contributed by atoms with Crippen LogP contribution in [0.4, 0.5) is 0 Å². The normalized spacial score (nSPS) is 26.1. The fourth-order valence-electron chi connectivity index (χ4n) is 0.879. The Balaban J connectivity index is 2.32. The maximum absolute atomic E-state index is 10.7. The summed E-state index contributed by atoms with van der Waals surface area (Å²) in [6.45, 7) is 1.55. The van der Waals surface area contributed by atoms with E-state index in [0.717, 1.165) is 13.1 Å². The van der Waals surface area contributed by atoms with Crippen LogP contribution < -0.4 is 5.32 Å². The van der Waals surface area contributed by atoms with Crippen LogP contribution in [0.3, 0.4) is 0 Å². The Hall–Kier alpha value is -0.570. The van der Waals surface area contributed by atoms with Gasteiger partial charge in [-0.15, -0.1) is 0 Å². The monoisotopic (exact) mass is 128 g/mol. The van der Waals surface area contributed by atoms with E-state index < -0.39 is 0 Å². The zero-order valence-corrected chi connectivity index (χ0v) is 5.39. The molecule has 1 fully saturated rings. The average Bonchev–Trinajstić information content (AvgIpc) is 2.37. The first kappa shape index (κ1) is 6.55. The Morgan fingerprint density at radius 3 is 3.11 bits per heavy atom.